The summed E-state index contributed by atoms with van der Waals surface area (Å²) in [6, 6.07) is 0. The number of allylic oxidation sites excluding steroid dienone is 18. The predicted octanol–water partition coefficient (Wildman–Crippen LogP) is 17.9. The minimum Gasteiger partial charge on any atom is -0.462 e. The second-order valence-electron chi connectivity index (χ2n) is 17.4. The van der Waals surface area contributed by atoms with Crippen LogP contribution in [0.25, 0.3) is 0 Å². The molecule has 0 spiro atoms. The van der Waals surface area contributed by atoms with Gasteiger partial charge in [0.1, 0.15) is 13.2 Å². The van der Waals surface area contributed by atoms with Crippen molar-refractivity contribution in [1.82, 2.24) is 0 Å². The summed E-state index contributed by atoms with van der Waals surface area (Å²) >= 11 is 0. The molecular formula is C60H98O6. The van der Waals surface area contributed by atoms with Gasteiger partial charge in [-0.2, -0.15) is 0 Å². The lowest BCUT2D eigenvalue weighted by atomic mass is 10.0. The molecule has 0 bridgehead atoms. The fraction of sp³-hybridized carbons (Fsp3) is 0.650. The maximum atomic E-state index is 12.8. The molecule has 0 aromatic heterocycles. The molecule has 6 heteroatoms. The second kappa shape index (κ2) is 53.7. The van der Waals surface area contributed by atoms with Gasteiger partial charge in [-0.15, -0.1) is 0 Å². The van der Waals surface area contributed by atoms with Crippen LogP contribution in [0, 0.1) is 0 Å². The average Bonchev–Trinajstić information content (AvgIpc) is 3.31. The third kappa shape index (κ3) is 51.1. The molecule has 374 valence electrons. The number of unbranched alkanes of at least 4 members (excludes halogenated alkanes) is 18. The number of rotatable bonds is 47. The minimum atomic E-state index is -0.828. The van der Waals surface area contributed by atoms with Gasteiger partial charge in [0, 0.05) is 19.3 Å². The lowest BCUT2D eigenvalue weighted by Gasteiger charge is -2.18. The Morgan fingerprint density at radius 2 is 0.621 bits per heavy atom. The Balaban J connectivity index is 4.56. The fourth-order valence-corrected chi connectivity index (χ4v) is 7.00. The number of hydrogen-bond donors (Lipinski definition) is 0. The largest absolute Gasteiger partial charge is 0.462 e. The fourth-order valence-electron chi connectivity index (χ4n) is 7.00. The summed E-state index contributed by atoms with van der Waals surface area (Å²) in [7, 11) is 0. The van der Waals surface area contributed by atoms with E-state index in [4.69, 9.17) is 14.2 Å². The van der Waals surface area contributed by atoms with Gasteiger partial charge in [-0.1, -0.05) is 226 Å². The smallest absolute Gasteiger partial charge is 0.306 e. The SMILES string of the molecule is CCC=CCC=CCC=CCC=CCC=CCC=CCCC(=O)OCC(COC(=O)CCCCCCCCCCCCCCCC)OC(=O)CCCCC=CCC=CCC=CCCCCC. The molecule has 0 saturated heterocycles. The molecule has 0 N–H and O–H groups in total. The van der Waals surface area contributed by atoms with Crippen molar-refractivity contribution >= 4 is 17.9 Å². The molecule has 0 fully saturated rings. The van der Waals surface area contributed by atoms with Crippen molar-refractivity contribution in [3.63, 3.8) is 0 Å². The quantitative estimate of drug-likeness (QED) is 0.0262. The van der Waals surface area contributed by atoms with Gasteiger partial charge in [-0.05, 0) is 96.3 Å². The highest BCUT2D eigenvalue weighted by atomic mass is 16.6. The highest BCUT2D eigenvalue weighted by molar-refractivity contribution is 5.71. The average molecular weight is 915 g/mol. The van der Waals surface area contributed by atoms with Crippen LogP contribution in [0.2, 0.25) is 0 Å². The molecule has 0 rings (SSSR count). The molecule has 1 atom stereocenters. The summed E-state index contributed by atoms with van der Waals surface area (Å²) in [5.74, 6) is -1.05. The van der Waals surface area contributed by atoms with Crippen molar-refractivity contribution in [1.29, 1.82) is 0 Å². The first kappa shape index (κ1) is 62.1. The monoisotopic (exact) mass is 915 g/mol. The van der Waals surface area contributed by atoms with E-state index in [0.717, 1.165) is 83.5 Å². The van der Waals surface area contributed by atoms with E-state index in [1.165, 1.54) is 96.3 Å². The molecule has 66 heavy (non-hydrogen) atoms. The Kier molecular flexibility index (Phi) is 50.5. The lowest BCUT2D eigenvalue weighted by molar-refractivity contribution is -0.166. The van der Waals surface area contributed by atoms with Crippen molar-refractivity contribution < 1.29 is 28.6 Å². The number of carbonyl (C=O) groups excluding carboxylic acids is 3. The molecule has 0 radical (unpaired) electrons. The van der Waals surface area contributed by atoms with Crippen LogP contribution in [0.1, 0.15) is 233 Å². The molecule has 0 heterocycles. The van der Waals surface area contributed by atoms with Gasteiger partial charge < -0.3 is 14.2 Å². The van der Waals surface area contributed by atoms with Crippen LogP contribution in [0.15, 0.2) is 109 Å². The van der Waals surface area contributed by atoms with Crippen molar-refractivity contribution in [2.75, 3.05) is 13.2 Å². The first-order valence-corrected chi connectivity index (χ1v) is 26.9. The standard InChI is InChI=1S/C60H98O6/c1-4-7-10-13-16-19-22-25-28-29-30-31-33-35-38-41-44-47-50-53-59(62)65-56-57(55-64-58(61)52-49-46-43-40-37-34-27-24-21-18-15-12-9-6-3)66-60(63)54-51-48-45-42-39-36-32-26-23-20-17-14-11-8-5-2/h7,10,16-17,19-20,25-26,28,30-32,35,38-39,42,44,47,57H,4-6,8-9,11-15,18,21-24,27,29,33-34,36-37,40-41,43,45-46,48-56H2,1-3H3. The van der Waals surface area contributed by atoms with Crippen LogP contribution in [0.5, 0.6) is 0 Å². The third-order valence-electron chi connectivity index (χ3n) is 11.0. The number of carbonyl (C=O) groups is 3. The van der Waals surface area contributed by atoms with E-state index in [0.29, 0.717) is 19.3 Å². The van der Waals surface area contributed by atoms with Gasteiger partial charge in [0.2, 0.25) is 0 Å². The van der Waals surface area contributed by atoms with Crippen molar-refractivity contribution in [2.24, 2.45) is 0 Å². The second-order valence-corrected chi connectivity index (χ2v) is 17.4. The number of esters is 3. The zero-order valence-corrected chi connectivity index (χ0v) is 42.7. The summed E-state index contributed by atoms with van der Waals surface area (Å²) in [6.45, 7) is 6.39. The molecule has 0 amide bonds. The van der Waals surface area contributed by atoms with Gasteiger partial charge in [-0.25, -0.2) is 0 Å². The summed E-state index contributed by atoms with van der Waals surface area (Å²) in [4.78, 5) is 38.0. The Hall–Kier alpha value is -3.93. The first-order valence-electron chi connectivity index (χ1n) is 26.9. The zero-order valence-electron chi connectivity index (χ0n) is 42.7. The highest BCUT2D eigenvalue weighted by Gasteiger charge is 2.19. The van der Waals surface area contributed by atoms with E-state index in [1.54, 1.807) is 0 Å². The maximum Gasteiger partial charge on any atom is 0.306 e. The molecule has 0 aliphatic heterocycles. The molecule has 1 unspecified atom stereocenters. The van der Waals surface area contributed by atoms with Crippen LogP contribution >= 0.6 is 0 Å². The Labute approximate surface area is 406 Å². The van der Waals surface area contributed by atoms with Gasteiger partial charge in [0.15, 0.2) is 6.10 Å². The van der Waals surface area contributed by atoms with E-state index in [1.807, 2.05) is 12.2 Å². The normalized spacial score (nSPS) is 13.0. The van der Waals surface area contributed by atoms with Crippen LogP contribution in [0.4, 0.5) is 0 Å². The molecule has 0 aliphatic rings. The first-order chi connectivity index (χ1) is 32.5. The Bertz CT molecular complexity index is 1370. The van der Waals surface area contributed by atoms with Gasteiger partial charge in [-0.3, -0.25) is 14.4 Å². The van der Waals surface area contributed by atoms with Crippen LogP contribution < -0.4 is 0 Å². The van der Waals surface area contributed by atoms with Gasteiger partial charge in [0.25, 0.3) is 0 Å². The van der Waals surface area contributed by atoms with Crippen molar-refractivity contribution in [2.45, 2.75) is 239 Å². The van der Waals surface area contributed by atoms with E-state index in [9.17, 15) is 14.4 Å². The van der Waals surface area contributed by atoms with Gasteiger partial charge in [0.05, 0.1) is 0 Å². The topological polar surface area (TPSA) is 78.9 Å². The highest BCUT2D eigenvalue weighted by Crippen LogP contribution is 2.14. The van der Waals surface area contributed by atoms with Gasteiger partial charge >= 0.3 is 17.9 Å². The van der Waals surface area contributed by atoms with Crippen molar-refractivity contribution in [3.05, 3.63) is 109 Å². The maximum absolute atomic E-state index is 12.8. The van der Waals surface area contributed by atoms with Crippen LogP contribution in [-0.2, 0) is 28.6 Å². The Morgan fingerprint density at radius 3 is 1.05 bits per heavy atom. The van der Waals surface area contributed by atoms with E-state index in [2.05, 4.69) is 118 Å². The summed E-state index contributed by atoms with van der Waals surface area (Å²) < 4.78 is 16.7. The molecule has 0 aliphatic carbocycles. The van der Waals surface area contributed by atoms with E-state index < -0.39 is 6.10 Å². The minimum absolute atomic E-state index is 0.117. The number of hydrogen-bond acceptors (Lipinski definition) is 6. The molecule has 0 aromatic rings. The molecular weight excluding hydrogens is 817 g/mol. The summed E-state index contributed by atoms with van der Waals surface area (Å²) in [6.07, 6.45) is 72.3. The van der Waals surface area contributed by atoms with Crippen LogP contribution in [0.3, 0.4) is 0 Å². The van der Waals surface area contributed by atoms with E-state index >= 15 is 0 Å². The lowest BCUT2D eigenvalue weighted by Crippen LogP contribution is -2.30. The molecule has 0 aromatic carbocycles. The summed E-state index contributed by atoms with van der Waals surface area (Å²) in [5, 5.41) is 0. The molecule has 6 nitrogen and oxygen atoms in total. The summed E-state index contributed by atoms with van der Waals surface area (Å²) in [5.41, 5.74) is 0. The third-order valence-corrected chi connectivity index (χ3v) is 11.0. The van der Waals surface area contributed by atoms with Crippen molar-refractivity contribution in [3.8, 4) is 0 Å². The van der Waals surface area contributed by atoms with E-state index in [-0.39, 0.29) is 44.0 Å². The Morgan fingerprint density at radius 1 is 0.318 bits per heavy atom. The zero-order chi connectivity index (χ0) is 47.9. The molecule has 0 saturated carbocycles. The number of ether oxygens (including phenoxy) is 3. The van der Waals surface area contributed by atoms with Crippen LogP contribution in [-0.4, -0.2) is 37.2 Å². The predicted molar refractivity (Wildman–Crippen MR) is 283 cm³/mol.